The van der Waals surface area contributed by atoms with Crippen LogP contribution in [0.25, 0.3) is 0 Å². The first kappa shape index (κ1) is 17.9. The summed E-state index contributed by atoms with van der Waals surface area (Å²) in [6.45, 7) is 11.0. The van der Waals surface area contributed by atoms with Gasteiger partial charge >= 0.3 is 0 Å². The number of amides is 2. The van der Waals surface area contributed by atoms with Gasteiger partial charge in [-0.05, 0) is 39.7 Å². The highest BCUT2D eigenvalue weighted by molar-refractivity contribution is 5.97. The molecule has 3 heterocycles. The first-order valence-corrected chi connectivity index (χ1v) is 9.43. The number of fused-ring (bicyclic) bond motifs is 1. The van der Waals surface area contributed by atoms with E-state index in [1.54, 1.807) is 0 Å². The van der Waals surface area contributed by atoms with E-state index < -0.39 is 0 Å². The van der Waals surface area contributed by atoms with Crippen LogP contribution in [0.5, 0.6) is 0 Å². The summed E-state index contributed by atoms with van der Waals surface area (Å²) in [5.74, 6) is 0.178. The van der Waals surface area contributed by atoms with Gasteiger partial charge in [-0.25, -0.2) is 4.98 Å². The molecular formula is C18H29N5O2. The third kappa shape index (κ3) is 3.71. The van der Waals surface area contributed by atoms with E-state index in [4.69, 9.17) is 0 Å². The zero-order chi connectivity index (χ0) is 18.0. The summed E-state index contributed by atoms with van der Waals surface area (Å²) < 4.78 is 1.96. The summed E-state index contributed by atoms with van der Waals surface area (Å²) in [5.41, 5.74) is 1.42. The third-order valence-corrected chi connectivity index (χ3v) is 5.05. The predicted octanol–water partition coefficient (Wildman–Crippen LogP) is 1.14. The highest BCUT2D eigenvalue weighted by Crippen LogP contribution is 2.23. The van der Waals surface area contributed by atoms with Crippen molar-refractivity contribution in [2.45, 2.75) is 52.6 Å². The number of piperazine rings is 1. The highest BCUT2D eigenvalue weighted by atomic mass is 16.2. The van der Waals surface area contributed by atoms with Gasteiger partial charge in [-0.1, -0.05) is 6.92 Å². The zero-order valence-corrected chi connectivity index (χ0v) is 15.5. The molecule has 2 aliphatic heterocycles. The second kappa shape index (κ2) is 7.56. The standard InChI is InChI=1S/C18H29N5O2/c1-4-21-9-11-22(12-10-21)18(25)15-14-7-5-6-8-23(14)16(20-15)17(24)19-13(2)3/h13H,4-12H2,1-3H3,(H,19,24). The van der Waals surface area contributed by atoms with Crippen LogP contribution >= 0.6 is 0 Å². The Balaban J connectivity index is 1.85. The molecule has 1 aromatic heterocycles. The van der Waals surface area contributed by atoms with Crippen LogP contribution in [0, 0.1) is 0 Å². The summed E-state index contributed by atoms with van der Waals surface area (Å²) in [5, 5.41) is 2.90. The molecule has 0 spiro atoms. The first-order chi connectivity index (χ1) is 12.0. The maximum atomic E-state index is 13.0. The van der Waals surface area contributed by atoms with Crippen LogP contribution < -0.4 is 5.32 Å². The molecule has 138 valence electrons. The summed E-state index contributed by atoms with van der Waals surface area (Å²) in [4.78, 5) is 34.2. The number of nitrogens with zero attached hydrogens (tertiary/aromatic N) is 4. The van der Waals surface area contributed by atoms with Crippen LogP contribution in [0.15, 0.2) is 0 Å². The Hall–Kier alpha value is -1.89. The van der Waals surface area contributed by atoms with Crippen LogP contribution in [0.3, 0.4) is 0 Å². The Labute approximate surface area is 149 Å². The molecule has 2 aliphatic rings. The molecule has 0 bridgehead atoms. The molecule has 0 saturated carbocycles. The first-order valence-electron chi connectivity index (χ1n) is 9.43. The Kier molecular flexibility index (Phi) is 5.42. The number of nitrogens with one attached hydrogen (secondary N) is 1. The van der Waals surface area contributed by atoms with Gasteiger partial charge in [0, 0.05) is 38.8 Å². The minimum atomic E-state index is -0.187. The smallest absolute Gasteiger partial charge is 0.287 e. The van der Waals surface area contributed by atoms with Gasteiger partial charge in [0.15, 0.2) is 5.82 Å². The quantitative estimate of drug-likeness (QED) is 0.887. The van der Waals surface area contributed by atoms with Crippen molar-refractivity contribution in [1.82, 2.24) is 24.7 Å². The maximum Gasteiger partial charge on any atom is 0.287 e. The lowest BCUT2D eigenvalue weighted by molar-refractivity contribution is 0.0636. The number of imidazole rings is 1. The third-order valence-electron chi connectivity index (χ3n) is 5.05. The topological polar surface area (TPSA) is 70.5 Å². The van der Waals surface area contributed by atoms with Crippen molar-refractivity contribution in [1.29, 1.82) is 0 Å². The minimum absolute atomic E-state index is 0.0231. The van der Waals surface area contributed by atoms with Gasteiger partial charge in [-0.15, -0.1) is 0 Å². The van der Waals surface area contributed by atoms with Gasteiger partial charge < -0.3 is 19.7 Å². The van der Waals surface area contributed by atoms with Crippen molar-refractivity contribution in [3.63, 3.8) is 0 Å². The normalized spacial score (nSPS) is 18.3. The lowest BCUT2D eigenvalue weighted by atomic mass is 10.1. The molecule has 0 radical (unpaired) electrons. The van der Waals surface area contributed by atoms with E-state index in [1.807, 2.05) is 23.3 Å². The van der Waals surface area contributed by atoms with Crippen molar-refractivity contribution < 1.29 is 9.59 Å². The monoisotopic (exact) mass is 347 g/mol. The number of likely N-dealkylation sites (N-methyl/N-ethyl adjacent to an activating group) is 1. The average molecular weight is 347 g/mol. The van der Waals surface area contributed by atoms with Crippen molar-refractivity contribution in [2.75, 3.05) is 32.7 Å². The van der Waals surface area contributed by atoms with Crippen LogP contribution in [-0.4, -0.2) is 69.9 Å². The molecule has 1 aromatic rings. The number of aromatic nitrogens is 2. The number of rotatable bonds is 4. The Morgan fingerprint density at radius 1 is 1.12 bits per heavy atom. The van der Waals surface area contributed by atoms with E-state index in [1.165, 1.54) is 0 Å². The molecule has 0 atom stereocenters. The molecule has 1 N–H and O–H groups in total. The average Bonchev–Trinajstić information content (AvgIpc) is 3.00. The predicted molar refractivity (Wildman–Crippen MR) is 95.8 cm³/mol. The molecule has 0 aliphatic carbocycles. The van der Waals surface area contributed by atoms with Crippen molar-refractivity contribution in [3.8, 4) is 0 Å². The van der Waals surface area contributed by atoms with E-state index in [-0.39, 0.29) is 17.9 Å². The summed E-state index contributed by atoms with van der Waals surface area (Å²) >= 11 is 0. The van der Waals surface area contributed by atoms with E-state index in [0.29, 0.717) is 11.5 Å². The fourth-order valence-corrected chi connectivity index (χ4v) is 3.63. The molecule has 0 unspecified atom stereocenters. The van der Waals surface area contributed by atoms with Gasteiger partial charge in [0.05, 0.1) is 5.69 Å². The molecular weight excluding hydrogens is 318 g/mol. The molecule has 7 heteroatoms. The van der Waals surface area contributed by atoms with E-state index >= 15 is 0 Å². The van der Waals surface area contributed by atoms with Crippen molar-refractivity contribution in [2.24, 2.45) is 0 Å². The van der Waals surface area contributed by atoms with Gasteiger partial charge in [-0.3, -0.25) is 9.59 Å². The second-order valence-electron chi connectivity index (χ2n) is 7.19. The lowest BCUT2D eigenvalue weighted by Crippen LogP contribution is -2.48. The van der Waals surface area contributed by atoms with Crippen LogP contribution in [-0.2, 0) is 13.0 Å². The van der Waals surface area contributed by atoms with Crippen LogP contribution in [0.4, 0.5) is 0 Å². The number of carbonyl (C=O) groups is 2. The molecule has 2 amide bonds. The lowest BCUT2D eigenvalue weighted by Gasteiger charge is -2.33. The van der Waals surface area contributed by atoms with E-state index in [0.717, 1.165) is 64.2 Å². The van der Waals surface area contributed by atoms with Crippen LogP contribution in [0.1, 0.15) is 60.4 Å². The summed E-state index contributed by atoms with van der Waals surface area (Å²) in [6.07, 6.45) is 2.88. The fourth-order valence-electron chi connectivity index (χ4n) is 3.63. The van der Waals surface area contributed by atoms with Gasteiger partial charge in [0.1, 0.15) is 5.69 Å². The van der Waals surface area contributed by atoms with E-state index in [2.05, 4.69) is 22.1 Å². The SMILES string of the molecule is CCN1CCN(C(=O)c2nc(C(=O)NC(C)C)n3c2CCCC3)CC1. The Morgan fingerprint density at radius 2 is 1.84 bits per heavy atom. The van der Waals surface area contributed by atoms with Crippen molar-refractivity contribution in [3.05, 3.63) is 17.2 Å². The van der Waals surface area contributed by atoms with E-state index in [9.17, 15) is 9.59 Å². The second-order valence-corrected chi connectivity index (χ2v) is 7.19. The highest BCUT2D eigenvalue weighted by Gasteiger charge is 2.31. The number of hydrogen-bond donors (Lipinski definition) is 1. The van der Waals surface area contributed by atoms with Gasteiger partial charge in [-0.2, -0.15) is 0 Å². The number of carbonyl (C=O) groups excluding carboxylic acids is 2. The zero-order valence-electron chi connectivity index (χ0n) is 15.5. The molecule has 3 rings (SSSR count). The Morgan fingerprint density at radius 3 is 2.48 bits per heavy atom. The minimum Gasteiger partial charge on any atom is -0.347 e. The fraction of sp³-hybridized carbons (Fsp3) is 0.722. The number of hydrogen-bond acceptors (Lipinski definition) is 4. The molecule has 25 heavy (non-hydrogen) atoms. The Bertz CT molecular complexity index is 644. The largest absolute Gasteiger partial charge is 0.347 e. The maximum absolute atomic E-state index is 13.0. The summed E-state index contributed by atoms with van der Waals surface area (Å²) in [6, 6.07) is 0.0466. The molecule has 1 fully saturated rings. The molecule has 7 nitrogen and oxygen atoms in total. The molecule has 0 aromatic carbocycles. The summed E-state index contributed by atoms with van der Waals surface area (Å²) in [7, 11) is 0. The van der Waals surface area contributed by atoms with Gasteiger partial charge in [0.2, 0.25) is 0 Å². The van der Waals surface area contributed by atoms with Crippen molar-refractivity contribution >= 4 is 11.8 Å². The van der Waals surface area contributed by atoms with Gasteiger partial charge in [0.25, 0.3) is 11.8 Å². The molecule has 1 saturated heterocycles. The van der Waals surface area contributed by atoms with Crippen LogP contribution in [0.2, 0.25) is 0 Å².